The van der Waals surface area contributed by atoms with Gasteiger partial charge in [0.15, 0.2) is 0 Å². The molecule has 1 saturated heterocycles. The lowest BCUT2D eigenvalue weighted by atomic mass is 10.0. The zero-order chi connectivity index (χ0) is 15.2. The molecule has 0 radical (unpaired) electrons. The number of benzene rings is 1. The molecule has 0 aromatic heterocycles. The predicted molar refractivity (Wildman–Crippen MR) is 91.9 cm³/mol. The van der Waals surface area contributed by atoms with Crippen LogP contribution in [0.5, 0.6) is 0 Å². The van der Waals surface area contributed by atoms with E-state index in [4.69, 9.17) is 11.6 Å². The van der Waals surface area contributed by atoms with Crippen LogP contribution in [0, 0.1) is 5.92 Å². The molecule has 1 fully saturated rings. The number of rotatable bonds is 7. The summed E-state index contributed by atoms with van der Waals surface area (Å²) in [5.74, 6) is 0.836. The van der Waals surface area contributed by atoms with E-state index in [2.05, 4.69) is 43.1 Å². The molecular weight excluding hydrogens is 280 g/mol. The van der Waals surface area contributed by atoms with Gasteiger partial charge in [-0.1, -0.05) is 43.6 Å². The van der Waals surface area contributed by atoms with Gasteiger partial charge in [0.1, 0.15) is 0 Å². The topological polar surface area (TPSA) is 15.3 Å². The van der Waals surface area contributed by atoms with Crippen molar-refractivity contribution in [3.8, 4) is 0 Å². The molecule has 0 saturated carbocycles. The van der Waals surface area contributed by atoms with Crippen molar-refractivity contribution in [3.63, 3.8) is 0 Å². The summed E-state index contributed by atoms with van der Waals surface area (Å²) in [6.07, 6.45) is 3.61. The van der Waals surface area contributed by atoms with E-state index < -0.39 is 0 Å². The molecule has 0 bridgehead atoms. The quantitative estimate of drug-likeness (QED) is 0.798. The van der Waals surface area contributed by atoms with Crippen LogP contribution in [0.4, 0.5) is 0 Å². The van der Waals surface area contributed by atoms with Crippen LogP contribution in [0.3, 0.4) is 0 Å². The normalized spacial score (nSPS) is 24.4. The second kappa shape index (κ2) is 8.17. The number of nitrogens with one attached hydrogen (secondary N) is 1. The van der Waals surface area contributed by atoms with Crippen molar-refractivity contribution >= 4 is 11.6 Å². The van der Waals surface area contributed by atoms with Crippen LogP contribution in [0.1, 0.15) is 51.6 Å². The van der Waals surface area contributed by atoms with E-state index in [0.29, 0.717) is 6.04 Å². The minimum absolute atomic E-state index is 0.363. The summed E-state index contributed by atoms with van der Waals surface area (Å²) >= 11 is 6.39. The zero-order valence-corrected chi connectivity index (χ0v) is 14.4. The summed E-state index contributed by atoms with van der Waals surface area (Å²) in [6, 6.07) is 9.33. The molecule has 1 aromatic carbocycles. The fourth-order valence-corrected chi connectivity index (χ4v) is 3.70. The largest absolute Gasteiger partial charge is 0.310 e. The van der Waals surface area contributed by atoms with E-state index in [1.54, 1.807) is 0 Å². The Morgan fingerprint density at radius 2 is 2.10 bits per heavy atom. The van der Waals surface area contributed by atoms with Gasteiger partial charge < -0.3 is 10.2 Å². The Morgan fingerprint density at radius 3 is 2.71 bits per heavy atom. The first-order valence-electron chi connectivity index (χ1n) is 8.33. The molecule has 1 aromatic rings. The first-order valence-corrected chi connectivity index (χ1v) is 8.71. The molecule has 1 aliphatic heterocycles. The van der Waals surface area contributed by atoms with E-state index in [-0.39, 0.29) is 0 Å². The molecule has 1 heterocycles. The fourth-order valence-electron chi connectivity index (χ4n) is 3.44. The van der Waals surface area contributed by atoms with Gasteiger partial charge in [-0.15, -0.1) is 0 Å². The zero-order valence-electron chi connectivity index (χ0n) is 13.6. The van der Waals surface area contributed by atoms with Gasteiger partial charge in [0.2, 0.25) is 0 Å². The molecule has 0 amide bonds. The number of hydrogen-bond acceptors (Lipinski definition) is 2. The van der Waals surface area contributed by atoms with Gasteiger partial charge in [-0.25, -0.2) is 0 Å². The summed E-state index contributed by atoms with van der Waals surface area (Å²) in [7, 11) is 0. The molecule has 0 aliphatic carbocycles. The average Bonchev–Trinajstić information content (AvgIpc) is 2.78. The third-order valence-corrected chi connectivity index (χ3v) is 4.88. The van der Waals surface area contributed by atoms with Crippen molar-refractivity contribution in [2.45, 2.75) is 52.1 Å². The maximum absolute atomic E-state index is 6.39. The second-order valence-corrected chi connectivity index (χ2v) is 6.91. The van der Waals surface area contributed by atoms with Gasteiger partial charge in [0.05, 0.1) is 0 Å². The Bertz CT molecular complexity index is 435. The molecule has 1 aliphatic rings. The Morgan fingerprint density at radius 1 is 1.33 bits per heavy atom. The molecule has 3 unspecified atom stereocenters. The Labute approximate surface area is 134 Å². The minimum Gasteiger partial charge on any atom is -0.310 e. The van der Waals surface area contributed by atoms with Gasteiger partial charge in [-0.2, -0.15) is 0 Å². The van der Waals surface area contributed by atoms with Gasteiger partial charge in [-0.3, -0.25) is 0 Å². The third kappa shape index (κ3) is 4.70. The molecule has 3 atom stereocenters. The molecule has 0 spiro atoms. The smallest absolute Gasteiger partial charge is 0.0453 e. The highest BCUT2D eigenvalue weighted by atomic mass is 35.5. The lowest BCUT2D eigenvalue weighted by Crippen LogP contribution is -2.32. The molecule has 1 N–H and O–H groups in total. The first-order chi connectivity index (χ1) is 10.1. The highest BCUT2D eigenvalue weighted by molar-refractivity contribution is 6.31. The summed E-state index contributed by atoms with van der Waals surface area (Å²) in [6.45, 7) is 10.4. The van der Waals surface area contributed by atoms with Crippen LogP contribution in [0.15, 0.2) is 24.3 Å². The van der Waals surface area contributed by atoms with Crippen LogP contribution >= 0.6 is 11.6 Å². The number of likely N-dealkylation sites (tertiary alicyclic amines) is 1. The fraction of sp³-hybridized carbons (Fsp3) is 0.667. The van der Waals surface area contributed by atoms with Crippen molar-refractivity contribution in [1.29, 1.82) is 0 Å². The maximum Gasteiger partial charge on any atom is 0.0453 e. The third-order valence-electron chi connectivity index (χ3n) is 4.54. The van der Waals surface area contributed by atoms with Crippen LogP contribution in [0.25, 0.3) is 0 Å². The van der Waals surface area contributed by atoms with E-state index in [1.807, 2.05) is 12.1 Å². The lowest BCUT2D eigenvalue weighted by Gasteiger charge is -2.26. The summed E-state index contributed by atoms with van der Waals surface area (Å²) < 4.78 is 0. The van der Waals surface area contributed by atoms with Crippen molar-refractivity contribution in [3.05, 3.63) is 34.9 Å². The van der Waals surface area contributed by atoms with Crippen molar-refractivity contribution < 1.29 is 0 Å². The Kier molecular flexibility index (Phi) is 6.53. The number of hydrogen-bond donors (Lipinski definition) is 1. The average molecular weight is 309 g/mol. The highest BCUT2D eigenvalue weighted by Crippen LogP contribution is 2.28. The molecule has 2 nitrogen and oxygen atoms in total. The van der Waals surface area contributed by atoms with Gasteiger partial charge >= 0.3 is 0 Å². The standard InChI is InChI=1S/C18H29ClN2/c1-4-10-20-18(16-7-5-6-8-17(16)19)9-11-21-13-14(2)12-15(21)3/h5-8,14-15,18,20H,4,9-13H2,1-3H3. The SMILES string of the molecule is CCCNC(CCN1CC(C)CC1C)c1ccccc1Cl. The van der Waals surface area contributed by atoms with Gasteiger partial charge in [0.25, 0.3) is 0 Å². The van der Waals surface area contributed by atoms with Crippen molar-refractivity contribution in [1.82, 2.24) is 10.2 Å². The van der Waals surface area contributed by atoms with E-state index in [0.717, 1.165) is 42.9 Å². The molecule has 2 rings (SSSR count). The van der Waals surface area contributed by atoms with E-state index in [9.17, 15) is 0 Å². The predicted octanol–water partition coefficient (Wildman–Crippen LogP) is 4.50. The monoisotopic (exact) mass is 308 g/mol. The Hall–Kier alpha value is -0.570. The number of halogens is 1. The van der Waals surface area contributed by atoms with E-state index >= 15 is 0 Å². The van der Waals surface area contributed by atoms with Crippen LogP contribution in [0.2, 0.25) is 5.02 Å². The van der Waals surface area contributed by atoms with Crippen LogP contribution in [-0.4, -0.2) is 30.6 Å². The molecule has 21 heavy (non-hydrogen) atoms. The summed E-state index contributed by atoms with van der Waals surface area (Å²) in [4.78, 5) is 2.63. The maximum atomic E-state index is 6.39. The number of nitrogens with zero attached hydrogens (tertiary/aromatic N) is 1. The second-order valence-electron chi connectivity index (χ2n) is 6.50. The van der Waals surface area contributed by atoms with E-state index in [1.165, 1.54) is 18.5 Å². The van der Waals surface area contributed by atoms with Crippen LogP contribution in [-0.2, 0) is 0 Å². The summed E-state index contributed by atoms with van der Waals surface area (Å²) in [5.41, 5.74) is 1.24. The lowest BCUT2D eigenvalue weighted by molar-refractivity contribution is 0.248. The van der Waals surface area contributed by atoms with Gasteiger partial charge in [-0.05, 0) is 50.3 Å². The molecule has 118 valence electrons. The highest BCUT2D eigenvalue weighted by Gasteiger charge is 2.26. The van der Waals surface area contributed by atoms with Crippen LogP contribution < -0.4 is 5.32 Å². The molecule has 3 heteroatoms. The Balaban J connectivity index is 1.98. The molecular formula is C18H29ClN2. The summed E-state index contributed by atoms with van der Waals surface area (Å²) in [5, 5.41) is 4.55. The minimum atomic E-state index is 0.363. The van der Waals surface area contributed by atoms with Crippen molar-refractivity contribution in [2.24, 2.45) is 5.92 Å². The van der Waals surface area contributed by atoms with Crippen molar-refractivity contribution in [2.75, 3.05) is 19.6 Å². The first kappa shape index (κ1) is 16.8. The van der Waals surface area contributed by atoms with Gasteiger partial charge in [0, 0.05) is 30.2 Å².